The lowest BCUT2D eigenvalue weighted by molar-refractivity contribution is -0.136. The van der Waals surface area contributed by atoms with Gasteiger partial charge in [0.1, 0.15) is 35.6 Å². The van der Waals surface area contributed by atoms with Crippen LogP contribution < -0.4 is 15.5 Å². The number of aldehydes is 1. The Hall–Kier alpha value is -4.12. The van der Waals surface area contributed by atoms with Gasteiger partial charge in [-0.25, -0.2) is 14.8 Å². The molecule has 0 aliphatic carbocycles. The molecule has 3 amide bonds. The zero-order chi connectivity index (χ0) is 28.2. The van der Waals surface area contributed by atoms with Crippen molar-refractivity contribution in [3.8, 4) is 6.07 Å². The van der Waals surface area contributed by atoms with E-state index in [-0.39, 0.29) is 36.1 Å². The van der Waals surface area contributed by atoms with Crippen molar-refractivity contribution in [1.82, 2.24) is 14.9 Å². The molecule has 2 N–H and O–H groups in total. The summed E-state index contributed by atoms with van der Waals surface area (Å²) in [5, 5.41) is 15.6. The number of pyridine rings is 2. The number of carbonyl (C=O) groups is 3. The number of hydrogen-bond acceptors (Lipinski definition) is 10. The number of methoxy groups -OCH3 is 2. The average molecular weight is 550 g/mol. The topological polar surface area (TPSA) is 159 Å². The molecule has 0 saturated carbocycles. The summed E-state index contributed by atoms with van der Waals surface area (Å²) < 4.78 is 16.1. The number of carbonyl (C=O) groups excluding carboxylic acids is 3. The van der Waals surface area contributed by atoms with Crippen LogP contribution in [0.15, 0.2) is 18.3 Å². The maximum absolute atomic E-state index is 13.4. The second kappa shape index (κ2) is 12.0. The van der Waals surface area contributed by atoms with E-state index < -0.39 is 12.1 Å². The molecule has 3 atom stereocenters. The molecule has 2 aromatic rings. The minimum atomic E-state index is -0.469. The van der Waals surface area contributed by atoms with Gasteiger partial charge in [-0.3, -0.25) is 19.8 Å². The fourth-order valence-corrected chi connectivity index (χ4v) is 5.29. The SMILES string of the molecule is CO[C@H]1COC[C@H]1Nc1cc(NC(=O)N2CCCc3cc(CN4CC[C@@H](OC)C4=O)c(C=O)nc32)ncc1C#N. The molecule has 0 spiro atoms. The minimum Gasteiger partial charge on any atom is -0.377 e. The van der Waals surface area contributed by atoms with Crippen LogP contribution in [0.25, 0.3) is 0 Å². The Kier molecular flexibility index (Phi) is 8.20. The number of aryl methyl sites for hydroxylation is 1. The summed E-state index contributed by atoms with van der Waals surface area (Å²) in [6.07, 6.45) is 3.38. The molecule has 13 nitrogen and oxygen atoms in total. The molecule has 0 aromatic carbocycles. The number of anilines is 3. The highest BCUT2D eigenvalue weighted by molar-refractivity contribution is 6.02. The Morgan fingerprint density at radius 2 is 2.12 bits per heavy atom. The maximum Gasteiger partial charge on any atom is 0.328 e. The van der Waals surface area contributed by atoms with Crippen molar-refractivity contribution in [2.75, 3.05) is 56.1 Å². The van der Waals surface area contributed by atoms with Gasteiger partial charge < -0.3 is 24.4 Å². The third-order valence-electron chi connectivity index (χ3n) is 7.46. The normalized spacial score (nSPS) is 22.1. The Balaban J connectivity index is 1.34. The van der Waals surface area contributed by atoms with E-state index >= 15 is 0 Å². The Labute approximate surface area is 231 Å². The molecule has 13 heteroatoms. The summed E-state index contributed by atoms with van der Waals surface area (Å²) in [5.74, 6) is 0.536. The fourth-order valence-electron chi connectivity index (χ4n) is 5.29. The largest absolute Gasteiger partial charge is 0.377 e. The molecule has 5 heterocycles. The monoisotopic (exact) mass is 549 g/mol. The summed E-state index contributed by atoms with van der Waals surface area (Å²) >= 11 is 0. The van der Waals surface area contributed by atoms with Crippen molar-refractivity contribution in [2.24, 2.45) is 0 Å². The lowest BCUT2D eigenvalue weighted by atomic mass is 10.0. The fraction of sp³-hybridized carbons (Fsp3) is 0.481. The maximum atomic E-state index is 13.4. The van der Waals surface area contributed by atoms with E-state index in [1.807, 2.05) is 6.07 Å². The molecule has 0 radical (unpaired) electrons. The zero-order valence-electron chi connectivity index (χ0n) is 22.4. The predicted octanol–water partition coefficient (Wildman–Crippen LogP) is 1.72. The molecule has 210 valence electrons. The van der Waals surface area contributed by atoms with Crippen molar-refractivity contribution in [1.29, 1.82) is 5.26 Å². The summed E-state index contributed by atoms with van der Waals surface area (Å²) in [6.45, 7) is 2.05. The highest BCUT2D eigenvalue weighted by atomic mass is 16.5. The molecule has 5 rings (SSSR count). The van der Waals surface area contributed by atoms with Crippen LogP contribution in [0, 0.1) is 11.3 Å². The molecule has 0 bridgehead atoms. The van der Waals surface area contributed by atoms with Crippen molar-refractivity contribution < 1.29 is 28.6 Å². The molecule has 0 unspecified atom stereocenters. The van der Waals surface area contributed by atoms with Gasteiger partial charge in [-0.15, -0.1) is 0 Å². The first-order valence-corrected chi connectivity index (χ1v) is 13.1. The summed E-state index contributed by atoms with van der Waals surface area (Å²) in [4.78, 5) is 49.8. The van der Waals surface area contributed by atoms with Crippen molar-refractivity contribution in [3.05, 3.63) is 40.7 Å². The van der Waals surface area contributed by atoms with Gasteiger partial charge in [0.15, 0.2) is 6.29 Å². The number of likely N-dealkylation sites (tertiary alicyclic amines) is 1. The second-order valence-electron chi connectivity index (χ2n) is 9.88. The number of aromatic nitrogens is 2. The van der Waals surface area contributed by atoms with Crippen LogP contribution in [0.4, 0.5) is 22.1 Å². The van der Waals surface area contributed by atoms with Crippen LogP contribution >= 0.6 is 0 Å². The highest BCUT2D eigenvalue weighted by Gasteiger charge is 2.33. The van der Waals surface area contributed by atoms with Crippen LogP contribution in [-0.2, 0) is 32.0 Å². The molecule has 2 fully saturated rings. The first-order valence-electron chi connectivity index (χ1n) is 13.1. The molecule has 40 heavy (non-hydrogen) atoms. The second-order valence-corrected chi connectivity index (χ2v) is 9.88. The summed E-state index contributed by atoms with van der Waals surface area (Å²) in [7, 11) is 3.11. The van der Waals surface area contributed by atoms with Gasteiger partial charge in [-0.2, -0.15) is 5.26 Å². The van der Waals surface area contributed by atoms with Gasteiger partial charge in [0.25, 0.3) is 5.91 Å². The molecule has 3 aliphatic rings. The van der Waals surface area contributed by atoms with Gasteiger partial charge in [-0.05, 0) is 24.5 Å². The summed E-state index contributed by atoms with van der Waals surface area (Å²) in [6, 6.07) is 4.94. The lowest BCUT2D eigenvalue weighted by Crippen LogP contribution is -2.40. The van der Waals surface area contributed by atoms with Crippen molar-refractivity contribution in [2.45, 2.75) is 44.1 Å². The van der Waals surface area contributed by atoms with Gasteiger partial charge >= 0.3 is 6.03 Å². The van der Waals surface area contributed by atoms with E-state index in [9.17, 15) is 19.6 Å². The number of hydrogen-bond donors (Lipinski definition) is 2. The van der Waals surface area contributed by atoms with Crippen molar-refractivity contribution >= 4 is 35.5 Å². The quantitative estimate of drug-likeness (QED) is 0.464. The van der Waals surface area contributed by atoms with Gasteiger partial charge in [0, 0.05) is 58.1 Å². The van der Waals surface area contributed by atoms with E-state index in [2.05, 4.69) is 26.7 Å². The van der Waals surface area contributed by atoms with Crippen molar-refractivity contribution in [3.63, 3.8) is 0 Å². The van der Waals surface area contributed by atoms with Crippen LogP contribution in [0.1, 0.15) is 40.0 Å². The van der Waals surface area contributed by atoms with E-state index in [1.165, 1.54) is 18.2 Å². The Morgan fingerprint density at radius 3 is 2.85 bits per heavy atom. The predicted molar refractivity (Wildman–Crippen MR) is 143 cm³/mol. The van der Waals surface area contributed by atoms with Crippen LogP contribution in [0.2, 0.25) is 0 Å². The van der Waals surface area contributed by atoms with Crippen LogP contribution in [0.5, 0.6) is 0 Å². The summed E-state index contributed by atoms with van der Waals surface area (Å²) in [5.41, 5.74) is 2.46. The Bertz CT molecular complexity index is 1350. The Morgan fingerprint density at radius 1 is 1.27 bits per heavy atom. The minimum absolute atomic E-state index is 0.111. The van der Waals surface area contributed by atoms with Gasteiger partial charge in [0.05, 0.1) is 30.5 Å². The van der Waals surface area contributed by atoms with E-state index in [0.29, 0.717) is 74.5 Å². The average Bonchev–Trinajstić information content (AvgIpc) is 3.57. The molecule has 2 saturated heterocycles. The van der Waals surface area contributed by atoms with E-state index in [4.69, 9.17) is 14.2 Å². The molecule has 3 aliphatic heterocycles. The highest BCUT2D eigenvalue weighted by Crippen LogP contribution is 2.30. The first-order chi connectivity index (χ1) is 19.4. The zero-order valence-corrected chi connectivity index (χ0v) is 22.4. The number of nitriles is 1. The van der Waals surface area contributed by atoms with Gasteiger partial charge in [0.2, 0.25) is 0 Å². The third-order valence-corrected chi connectivity index (χ3v) is 7.46. The number of nitrogens with one attached hydrogen (secondary N) is 2. The number of nitrogens with zero attached hydrogens (tertiary/aromatic N) is 5. The number of amides is 3. The number of ether oxygens (including phenoxy) is 3. The smallest absolute Gasteiger partial charge is 0.328 e. The van der Waals surface area contributed by atoms with E-state index in [1.54, 1.807) is 18.1 Å². The number of urea groups is 1. The third kappa shape index (κ3) is 5.46. The molecule has 2 aromatic heterocycles. The van der Waals surface area contributed by atoms with Crippen LogP contribution in [-0.4, -0.2) is 91.9 Å². The van der Waals surface area contributed by atoms with E-state index in [0.717, 1.165) is 5.56 Å². The molecular weight excluding hydrogens is 518 g/mol. The van der Waals surface area contributed by atoms with Crippen LogP contribution in [0.3, 0.4) is 0 Å². The lowest BCUT2D eigenvalue weighted by Gasteiger charge is -2.29. The first kappa shape index (κ1) is 27.4. The van der Waals surface area contributed by atoms with Gasteiger partial charge in [-0.1, -0.05) is 0 Å². The number of fused-ring (bicyclic) bond motifs is 1. The standard InChI is InChI=1S/C27H31N7O6/c1-38-22-5-7-33(26(22)36)12-17-8-16-4-3-6-34(25(16)31-20(17)13-35)27(37)32-24-9-19(18(10-28)11-29-24)30-21-14-40-15-23(21)39-2/h8-9,11,13,21-23H,3-7,12,14-15H2,1-2H3,(H2,29,30,32,37)/t21-,22-,23+/m1/s1. The molecular formula is C27H31N7O6. The number of rotatable bonds is 8.